The second kappa shape index (κ2) is 11.2. The lowest BCUT2D eigenvalue weighted by molar-refractivity contribution is -0.117. The van der Waals surface area contributed by atoms with Crippen LogP contribution in [0.15, 0.2) is 84.8 Å². The number of amides is 1. The summed E-state index contributed by atoms with van der Waals surface area (Å²) >= 11 is 0. The van der Waals surface area contributed by atoms with E-state index in [1.54, 1.807) is 29.2 Å². The second-order valence-corrected chi connectivity index (χ2v) is 8.57. The van der Waals surface area contributed by atoms with Crippen molar-refractivity contribution in [3.63, 3.8) is 0 Å². The summed E-state index contributed by atoms with van der Waals surface area (Å²) in [6.45, 7) is 6.23. The number of nitrogens with one attached hydrogen (secondary N) is 1. The lowest BCUT2D eigenvalue weighted by Crippen LogP contribution is -2.24. The van der Waals surface area contributed by atoms with Crippen molar-refractivity contribution in [2.45, 2.75) is 33.4 Å². The average molecular weight is 478 g/mol. The summed E-state index contributed by atoms with van der Waals surface area (Å²) in [4.78, 5) is 16.9. The summed E-state index contributed by atoms with van der Waals surface area (Å²) in [6, 6.07) is 21.2. The highest BCUT2D eigenvalue weighted by Gasteiger charge is 2.16. The van der Waals surface area contributed by atoms with E-state index in [0.717, 1.165) is 28.1 Å². The molecule has 0 aliphatic heterocycles. The van der Waals surface area contributed by atoms with Crippen LogP contribution in [0.2, 0.25) is 0 Å². The van der Waals surface area contributed by atoms with Gasteiger partial charge in [-0.1, -0.05) is 24.3 Å². The number of pyridine rings is 1. The molecule has 0 unspecified atom stereocenters. The smallest absolute Gasteiger partial charge is 0.262 e. The Bertz CT molecular complexity index is 1420. The molecule has 0 aliphatic rings. The van der Waals surface area contributed by atoms with E-state index in [4.69, 9.17) is 9.84 Å². The fourth-order valence-electron chi connectivity index (χ4n) is 3.70. The maximum Gasteiger partial charge on any atom is 0.262 e. The number of aryl methyl sites for hydroxylation is 1. The van der Waals surface area contributed by atoms with Crippen molar-refractivity contribution in [2.24, 2.45) is 0 Å². The van der Waals surface area contributed by atoms with E-state index >= 15 is 0 Å². The van der Waals surface area contributed by atoms with Crippen molar-refractivity contribution in [3.8, 4) is 28.8 Å². The van der Waals surface area contributed by atoms with Crippen molar-refractivity contribution in [1.29, 1.82) is 5.26 Å². The Labute approximate surface area is 210 Å². The van der Waals surface area contributed by atoms with Gasteiger partial charge in [-0.15, -0.1) is 0 Å². The van der Waals surface area contributed by atoms with Crippen molar-refractivity contribution in [3.05, 3.63) is 102 Å². The van der Waals surface area contributed by atoms with Crippen LogP contribution in [-0.4, -0.2) is 26.8 Å². The van der Waals surface area contributed by atoms with Crippen molar-refractivity contribution < 1.29 is 9.53 Å². The Morgan fingerprint density at radius 3 is 2.64 bits per heavy atom. The highest BCUT2D eigenvalue weighted by Crippen LogP contribution is 2.30. The molecule has 2 heterocycles. The van der Waals surface area contributed by atoms with Gasteiger partial charge in [-0.25, -0.2) is 4.68 Å². The van der Waals surface area contributed by atoms with Gasteiger partial charge in [-0.2, -0.15) is 10.4 Å². The summed E-state index contributed by atoms with van der Waals surface area (Å²) in [7, 11) is 0. The Morgan fingerprint density at radius 1 is 1.17 bits per heavy atom. The number of hydrogen-bond donors (Lipinski definition) is 1. The molecule has 0 bridgehead atoms. The number of carbonyl (C=O) groups is 1. The number of nitriles is 1. The number of nitrogens with zero attached hydrogens (tertiary/aromatic N) is 4. The first-order chi connectivity index (χ1) is 17.4. The van der Waals surface area contributed by atoms with Crippen LogP contribution in [0, 0.1) is 18.3 Å². The Morgan fingerprint density at radius 2 is 1.97 bits per heavy atom. The highest BCUT2D eigenvalue weighted by atomic mass is 16.5. The van der Waals surface area contributed by atoms with E-state index in [1.807, 2.05) is 87.6 Å². The molecular weight excluding hydrogens is 450 g/mol. The van der Waals surface area contributed by atoms with Crippen molar-refractivity contribution >= 4 is 12.0 Å². The molecule has 7 nitrogen and oxygen atoms in total. The van der Waals surface area contributed by atoms with Crippen LogP contribution in [0.1, 0.15) is 30.5 Å². The van der Waals surface area contributed by atoms with Gasteiger partial charge in [0.05, 0.1) is 11.8 Å². The molecule has 0 aliphatic carbocycles. The number of ether oxygens (including phenoxy) is 1. The lowest BCUT2D eigenvalue weighted by Gasteiger charge is -2.13. The molecule has 0 radical (unpaired) electrons. The van der Waals surface area contributed by atoms with E-state index in [-0.39, 0.29) is 18.2 Å². The minimum atomic E-state index is -0.461. The monoisotopic (exact) mass is 477 g/mol. The molecule has 0 atom stereocenters. The third-order valence-electron chi connectivity index (χ3n) is 5.42. The number of hydrogen-bond acceptors (Lipinski definition) is 5. The molecule has 4 rings (SSSR count). The molecule has 0 saturated carbocycles. The molecular formula is C29H27N5O2. The van der Waals surface area contributed by atoms with Gasteiger partial charge in [0.2, 0.25) is 0 Å². The minimum absolute atomic E-state index is 0.00997. The topological polar surface area (TPSA) is 92.8 Å². The van der Waals surface area contributed by atoms with Gasteiger partial charge in [-0.05, 0) is 74.4 Å². The highest BCUT2D eigenvalue weighted by molar-refractivity contribution is 6.02. The molecule has 36 heavy (non-hydrogen) atoms. The first-order valence-corrected chi connectivity index (χ1v) is 11.7. The van der Waals surface area contributed by atoms with Gasteiger partial charge >= 0.3 is 0 Å². The second-order valence-electron chi connectivity index (χ2n) is 8.57. The summed E-state index contributed by atoms with van der Waals surface area (Å²) in [5.74, 6) is 0.345. The fourth-order valence-corrected chi connectivity index (χ4v) is 3.70. The first-order valence-electron chi connectivity index (χ1n) is 11.7. The van der Waals surface area contributed by atoms with Gasteiger partial charge in [0.25, 0.3) is 5.91 Å². The van der Waals surface area contributed by atoms with E-state index in [0.29, 0.717) is 11.3 Å². The number of carbonyl (C=O) groups excluding carboxylic acids is 1. The zero-order chi connectivity index (χ0) is 25.5. The SMILES string of the molecule is Cc1cc(-c2nn(-c3ccccc3)cc2C=C(C#N)C(=O)NCc2cccnc2)ccc1OC(C)C. The molecule has 2 aromatic carbocycles. The lowest BCUT2D eigenvalue weighted by atomic mass is 10.0. The zero-order valence-electron chi connectivity index (χ0n) is 20.5. The fraction of sp³-hybridized carbons (Fsp3) is 0.172. The predicted octanol–water partition coefficient (Wildman–Crippen LogP) is 5.25. The molecule has 7 heteroatoms. The van der Waals surface area contributed by atoms with Crippen molar-refractivity contribution in [2.75, 3.05) is 0 Å². The molecule has 180 valence electrons. The third-order valence-corrected chi connectivity index (χ3v) is 5.42. The van der Waals surface area contributed by atoms with Crippen LogP contribution in [0.25, 0.3) is 23.0 Å². The minimum Gasteiger partial charge on any atom is -0.491 e. The summed E-state index contributed by atoms with van der Waals surface area (Å²) in [5, 5.41) is 17.4. The maximum absolute atomic E-state index is 12.8. The quantitative estimate of drug-likeness (QED) is 0.276. The number of benzene rings is 2. The average Bonchev–Trinajstić information content (AvgIpc) is 3.32. The van der Waals surface area contributed by atoms with Crippen molar-refractivity contribution in [1.82, 2.24) is 20.1 Å². The predicted molar refractivity (Wildman–Crippen MR) is 139 cm³/mol. The van der Waals surface area contributed by atoms with Crippen LogP contribution in [0.5, 0.6) is 5.75 Å². The Balaban J connectivity index is 1.71. The first kappa shape index (κ1) is 24.4. The summed E-state index contributed by atoms with van der Waals surface area (Å²) in [6.07, 6.45) is 6.81. The Hall–Kier alpha value is -4.70. The van der Waals surface area contributed by atoms with Crippen LogP contribution >= 0.6 is 0 Å². The largest absolute Gasteiger partial charge is 0.491 e. The van der Waals surface area contributed by atoms with E-state index in [2.05, 4.69) is 10.3 Å². The van der Waals surface area contributed by atoms with E-state index in [1.165, 1.54) is 0 Å². The maximum atomic E-state index is 12.8. The molecule has 4 aromatic rings. The zero-order valence-corrected chi connectivity index (χ0v) is 20.5. The molecule has 0 fully saturated rings. The van der Waals surface area contributed by atoms with Crippen LogP contribution in [-0.2, 0) is 11.3 Å². The van der Waals surface area contributed by atoms with Crippen LogP contribution in [0.4, 0.5) is 0 Å². The molecule has 0 spiro atoms. The van der Waals surface area contributed by atoms with Crippen LogP contribution in [0.3, 0.4) is 0 Å². The van der Waals surface area contributed by atoms with Gasteiger partial charge in [0.15, 0.2) is 0 Å². The molecule has 1 N–H and O–H groups in total. The number of rotatable bonds is 8. The van der Waals surface area contributed by atoms with Gasteiger partial charge in [-0.3, -0.25) is 9.78 Å². The van der Waals surface area contributed by atoms with Gasteiger partial charge < -0.3 is 10.1 Å². The standard InChI is InChI=1S/C29H27N5O2/c1-20(2)36-27-12-11-23(14-21(27)3)28-25(19-34(33-28)26-9-5-4-6-10-26)15-24(16-30)29(35)32-18-22-8-7-13-31-17-22/h4-15,17,19-20H,18H2,1-3H3,(H,32,35). The summed E-state index contributed by atoms with van der Waals surface area (Å²) < 4.78 is 7.63. The third kappa shape index (κ3) is 5.86. The van der Waals surface area contributed by atoms with Crippen LogP contribution < -0.4 is 10.1 Å². The Kier molecular flexibility index (Phi) is 7.57. The number of aromatic nitrogens is 3. The molecule has 2 aromatic heterocycles. The number of para-hydroxylation sites is 1. The van der Waals surface area contributed by atoms with E-state index < -0.39 is 5.91 Å². The van der Waals surface area contributed by atoms with Gasteiger partial charge in [0.1, 0.15) is 23.1 Å². The van der Waals surface area contributed by atoms with Gasteiger partial charge in [0, 0.05) is 36.3 Å². The van der Waals surface area contributed by atoms with E-state index in [9.17, 15) is 10.1 Å². The normalized spacial score (nSPS) is 11.2. The molecule has 0 saturated heterocycles. The molecule has 1 amide bonds. The summed E-state index contributed by atoms with van der Waals surface area (Å²) in [5.41, 5.74) is 4.85.